The third-order valence-corrected chi connectivity index (χ3v) is 4.84. The molecule has 0 saturated heterocycles. The third kappa shape index (κ3) is 6.59. The van der Waals surface area contributed by atoms with Crippen LogP contribution >= 0.6 is 24.0 Å². The van der Waals surface area contributed by atoms with Crippen LogP contribution in [0.3, 0.4) is 0 Å². The Kier molecular flexibility index (Phi) is 9.37. The van der Waals surface area contributed by atoms with Gasteiger partial charge in [-0.25, -0.2) is 8.78 Å². The van der Waals surface area contributed by atoms with Gasteiger partial charge in [0, 0.05) is 12.1 Å². The van der Waals surface area contributed by atoms with Gasteiger partial charge in [-0.3, -0.25) is 0 Å². The van der Waals surface area contributed by atoms with E-state index >= 15 is 0 Å². The van der Waals surface area contributed by atoms with Crippen molar-refractivity contribution in [3.8, 4) is 11.5 Å². The van der Waals surface area contributed by atoms with Gasteiger partial charge < -0.3 is 14.8 Å². The fraction of sp³-hybridized carbons (Fsp3) is 0.217. The van der Waals surface area contributed by atoms with Crippen LogP contribution in [-0.4, -0.2) is 13.7 Å². The van der Waals surface area contributed by atoms with E-state index in [1.54, 1.807) is 25.3 Å². The summed E-state index contributed by atoms with van der Waals surface area (Å²) in [5.74, 6) is 0.599. The van der Waals surface area contributed by atoms with Crippen molar-refractivity contribution in [2.24, 2.45) is 0 Å². The minimum absolute atomic E-state index is 0. The fourth-order valence-electron chi connectivity index (χ4n) is 2.89. The summed E-state index contributed by atoms with van der Waals surface area (Å²) in [6, 6.07) is 16.6. The Morgan fingerprint density at radius 3 is 2.47 bits per heavy atom. The molecule has 7 heteroatoms. The number of ether oxygens (including phenoxy) is 2. The number of halogens is 4. The topological polar surface area (TPSA) is 30.5 Å². The maximum absolute atomic E-state index is 13.6. The lowest BCUT2D eigenvalue weighted by Crippen LogP contribution is -2.17. The van der Waals surface area contributed by atoms with Crippen molar-refractivity contribution in [3.63, 3.8) is 0 Å². The number of benzene rings is 3. The molecule has 3 aromatic rings. The summed E-state index contributed by atoms with van der Waals surface area (Å²) in [4.78, 5) is 0. The van der Waals surface area contributed by atoms with Crippen LogP contribution in [0, 0.1) is 11.6 Å². The molecule has 0 aliphatic rings. The minimum Gasteiger partial charge on any atom is -0.493 e. The number of nitrogens with one attached hydrogen (secondary N) is 1. The Balaban J connectivity index is 0.00000320. The summed E-state index contributed by atoms with van der Waals surface area (Å²) in [5, 5.41) is 3.62. The van der Waals surface area contributed by atoms with Crippen molar-refractivity contribution in [2.45, 2.75) is 19.6 Å². The zero-order valence-electron chi connectivity index (χ0n) is 16.5. The summed E-state index contributed by atoms with van der Waals surface area (Å²) in [5.41, 5.74) is 2.40. The van der Waals surface area contributed by atoms with Crippen LogP contribution < -0.4 is 14.8 Å². The molecule has 30 heavy (non-hydrogen) atoms. The summed E-state index contributed by atoms with van der Waals surface area (Å²) >= 11 is 6.04. The SMILES string of the molecule is COc1cc(CNCCc2ccccc2F)ccc1OCc1ccc(F)cc1Cl.Cl. The van der Waals surface area contributed by atoms with Crippen LogP contribution in [0.5, 0.6) is 11.5 Å². The molecule has 0 amide bonds. The molecule has 3 rings (SSSR count). The molecule has 0 bridgehead atoms. The van der Waals surface area contributed by atoms with Crippen LogP contribution in [-0.2, 0) is 19.6 Å². The highest BCUT2D eigenvalue weighted by Gasteiger charge is 2.09. The highest BCUT2D eigenvalue weighted by atomic mass is 35.5. The van der Waals surface area contributed by atoms with Gasteiger partial charge in [-0.05, 0) is 54.4 Å². The molecule has 160 valence electrons. The molecule has 0 heterocycles. The van der Waals surface area contributed by atoms with E-state index in [0.717, 1.165) is 5.56 Å². The lowest BCUT2D eigenvalue weighted by Gasteiger charge is -2.13. The molecule has 0 aromatic heterocycles. The van der Waals surface area contributed by atoms with Crippen LogP contribution in [0.4, 0.5) is 8.78 Å². The highest BCUT2D eigenvalue weighted by molar-refractivity contribution is 6.31. The van der Waals surface area contributed by atoms with E-state index in [4.69, 9.17) is 21.1 Å². The number of methoxy groups -OCH3 is 1. The molecule has 0 atom stereocenters. The van der Waals surface area contributed by atoms with Crippen molar-refractivity contribution in [3.05, 3.63) is 94.0 Å². The van der Waals surface area contributed by atoms with Gasteiger partial charge in [-0.2, -0.15) is 0 Å². The quantitative estimate of drug-likeness (QED) is 0.405. The van der Waals surface area contributed by atoms with E-state index in [1.165, 1.54) is 18.2 Å². The predicted octanol–water partition coefficient (Wildman–Crippen LogP) is 5.96. The van der Waals surface area contributed by atoms with Crippen LogP contribution in [0.25, 0.3) is 0 Å². The fourth-order valence-corrected chi connectivity index (χ4v) is 3.11. The molecule has 0 aliphatic carbocycles. The van der Waals surface area contributed by atoms with Crippen LogP contribution in [0.15, 0.2) is 60.7 Å². The van der Waals surface area contributed by atoms with Crippen molar-refractivity contribution >= 4 is 24.0 Å². The zero-order chi connectivity index (χ0) is 20.6. The second kappa shape index (κ2) is 11.7. The molecule has 0 unspecified atom stereocenters. The number of hydrogen-bond acceptors (Lipinski definition) is 3. The number of rotatable bonds is 9. The van der Waals surface area contributed by atoms with Gasteiger partial charge in [0.25, 0.3) is 0 Å². The van der Waals surface area contributed by atoms with E-state index in [0.29, 0.717) is 47.2 Å². The summed E-state index contributed by atoms with van der Waals surface area (Å²) < 4.78 is 38.0. The third-order valence-electron chi connectivity index (χ3n) is 4.48. The first-order chi connectivity index (χ1) is 14.1. The molecule has 0 fully saturated rings. The van der Waals surface area contributed by atoms with Gasteiger partial charge in [0.2, 0.25) is 0 Å². The van der Waals surface area contributed by atoms with Crippen molar-refractivity contribution in [1.82, 2.24) is 5.32 Å². The lowest BCUT2D eigenvalue weighted by molar-refractivity contribution is 0.284. The van der Waals surface area contributed by atoms with Gasteiger partial charge >= 0.3 is 0 Å². The molecular weight excluding hydrogens is 431 g/mol. The van der Waals surface area contributed by atoms with Gasteiger partial charge in [0.1, 0.15) is 18.2 Å². The van der Waals surface area contributed by atoms with Gasteiger partial charge in [0.05, 0.1) is 12.1 Å². The van der Waals surface area contributed by atoms with E-state index in [9.17, 15) is 8.78 Å². The monoisotopic (exact) mass is 453 g/mol. The molecule has 1 N–H and O–H groups in total. The standard InChI is InChI=1S/C23H22ClF2NO2.ClH/c1-28-23-12-16(14-27-11-10-17-4-2-3-5-21(17)26)6-9-22(23)29-15-18-7-8-19(25)13-20(18)24;/h2-9,12-13,27H,10-11,14-15H2,1H3;1H. The highest BCUT2D eigenvalue weighted by Crippen LogP contribution is 2.29. The first-order valence-corrected chi connectivity index (χ1v) is 9.62. The van der Waals surface area contributed by atoms with Crippen LogP contribution in [0.1, 0.15) is 16.7 Å². The van der Waals surface area contributed by atoms with Crippen molar-refractivity contribution in [2.75, 3.05) is 13.7 Å². The first kappa shape index (κ1) is 23.9. The summed E-state index contributed by atoms with van der Waals surface area (Å²) in [7, 11) is 1.57. The molecule has 3 nitrogen and oxygen atoms in total. The Morgan fingerprint density at radius 2 is 1.73 bits per heavy atom. The largest absolute Gasteiger partial charge is 0.493 e. The molecule has 0 radical (unpaired) electrons. The number of hydrogen-bond donors (Lipinski definition) is 1. The molecular formula is C23H23Cl2F2NO2. The van der Waals surface area contributed by atoms with E-state index in [2.05, 4.69) is 5.32 Å². The molecule has 0 saturated carbocycles. The Labute approximate surface area is 186 Å². The normalized spacial score (nSPS) is 10.4. The average molecular weight is 454 g/mol. The van der Waals surface area contributed by atoms with Gasteiger partial charge in [0.15, 0.2) is 11.5 Å². The molecule has 0 spiro atoms. The maximum Gasteiger partial charge on any atom is 0.161 e. The Morgan fingerprint density at radius 1 is 0.933 bits per heavy atom. The zero-order valence-corrected chi connectivity index (χ0v) is 18.0. The van der Waals surface area contributed by atoms with Crippen molar-refractivity contribution < 1.29 is 18.3 Å². The summed E-state index contributed by atoms with van der Waals surface area (Å²) in [6.45, 7) is 1.48. The van der Waals surface area contributed by atoms with Crippen molar-refractivity contribution in [1.29, 1.82) is 0 Å². The second-order valence-electron chi connectivity index (χ2n) is 6.53. The Bertz CT molecular complexity index is 970. The predicted molar refractivity (Wildman–Crippen MR) is 118 cm³/mol. The maximum atomic E-state index is 13.6. The van der Waals surface area contributed by atoms with Gasteiger partial charge in [-0.15, -0.1) is 12.4 Å². The molecule has 0 aliphatic heterocycles. The second-order valence-corrected chi connectivity index (χ2v) is 6.94. The molecule has 3 aromatic carbocycles. The van der Waals surface area contributed by atoms with Gasteiger partial charge in [-0.1, -0.05) is 41.9 Å². The van der Waals surface area contributed by atoms with E-state index in [1.807, 2.05) is 24.3 Å². The smallest absolute Gasteiger partial charge is 0.161 e. The van der Waals surface area contributed by atoms with Crippen LogP contribution in [0.2, 0.25) is 5.02 Å². The van der Waals surface area contributed by atoms with E-state index < -0.39 is 0 Å². The van der Waals surface area contributed by atoms with E-state index in [-0.39, 0.29) is 30.6 Å². The Hall–Kier alpha value is -2.34. The first-order valence-electron chi connectivity index (χ1n) is 9.24. The summed E-state index contributed by atoms with van der Waals surface area (Å²) in [6.07, 6.45) is 0.615. The lowest BCUT2D eigenvalue weighted by atomic mass is 10.1. The minimum atomic E-state index is -0.386. The average Bonchev–Trinajstić information content (AvgIpc) is 2.72.